The van der Waals surface area contributed by atoms with Gasteiger partial charge in [-0.2, -0.15) is 0 Å². The third-order valence-corrected chi connectivity index (χ3v) is 7.16. The van der Waals surface area contributed by atoms with Crippen LogP contribution < -0.4 is 0 Å². The van der Waals surface area contributed by atoms with Crippen LogP contribution in [-0.2, 0) is 0 Å². The molecule has 136 valence electrons. The lowest BCUT2D eigenvalue weighted by Gasteiger charge is -2.62. The molecule has 2 aliphatic rings. The van der Waals surface area contributed by atoms with E-state index in [0.717, 1.165) is 35.9 Å². The molecule has 1 fully saturated rings. The molecule has 1 saturated heterocycles. The number of hydrogen-bond donors (Lipinski definition) is 0. The topological polar surface area (TPSA) is 0 Å². The van der Waals surface area contributed by atoms with Crippen LogP contribution >= 0.6 is 0 Å². The summed E-state index contributed by atoms with van der Waals surface area (Å²) in [5, 5.41) is 0. The maximum absolute atomic E-state index is 15.6. The van der Waals surface area contributed by atoms with Crippen LogP contribution in [0.25, 0.3) is 0 Å². The minimum absolute atomic E-state index is 0.0478. The molecular formula is C24H29FN+. The van der Waals surface area contributed by atoms with Crippen LogP contribution in [0.4, 0.5) is 4.39 Å². The normalized spacial score (nSPS) is 36.5. The molecule has 0 N–H and O–H groups in total. The van der Waals surface area contributed by atoms with Gasteiger partial charge in [0.2, 0.25) is 0 Å². The van der Waals surface area contributed by atoms with Crippen molar-refractivity contribution in [2.24, 2.45) is 0 Å². The lowest BCUT2D eigenvalue weighted by Crippen LogP contribution is -2.73. The number of fused-ring (bicyclic) bond motifs is 1. The summed E-state index contributed by atoms with van der Waals surface area (Å²) in [5.41, 5.74) is 2.41. The van der Waals surface area contributed by atoms with Crippen LogP contribution in [0.3, 0.4) is 0 Å². The number of allylic oxidation sites excluding steroid dienone is 2. The zero-order chi connectivity index (χ0) is 18.2. The second-order valence-corrected chi connectivity index (χ2v) is 8.46. The van der Waals surface area contributed by atoms with Crippen molar-refractivity contribution in [1.82, 2.24) is 0 Å². The lowest BCUT2D eigenvalue weighted by molar-refractivity contribution is -1.00. The maximum atomic E-state index is 15.6. The summed E-state index contributed by atoms with van der Waals surface area (Å²) >= 11 is 0. The van der Waals surface area contributed by atoms with Gasteiger partial charge in [0.05, 0.1) is 32.5 Å². The Bertz CT molecular complexity index is 784. The van der Waals surface area contributed by atoms with E-state index in [4.69, 9.17) is 0 Å². The molecule has 2 aliphatic heterocycles. The molecule has 0 spiro atoms. The highest BCUT2D eigenvalue weighted by Crippen LogP contribution is 2.55. The van der Waals surface area contributed by atoms with Gasteiger partial charge < -0.3 is 4.48 Å². The molecule has 4 unspecified atom stereocenters. The van der Waals surface area contributed by atoms with Gasteiger partial charge in [0, 0.05) is 12.3 Å². The minimum Gasteiger partial charge on any atom is -0.320 e. The molecule has 0 aromatic heterocycles. The number of quaternary nitrogens is 1. The van der Waals surface area contributed by atoms with E-state index in [1.165, 1.54) is 12.1 Å². The molecule has 0 radical (unpaired) electrons. The highest BCUT2D eigenvalue weighted by molar-refractivity contribution is 5.37. The van der Waals surface area contributed by atoms with Crippen molar-refractivity contribution in [3.05, 3.63) is 83.7 Å². The molecule has 0 bridgehead atoms. The monoisotopic (exact) mass is 350 g/mol. The fourth-order valence-electron chi connectivity index (χ4n) is 5.25. The highest BCUT2D eigenvalue weighted by Gasteiger charge is 2.60. The first-order valence-corrected chi connectivity index (χ1v) is 9.85. The zero-order valence-electron chi connectivity index (χ0n) is 15.9. The van der Waals surface area contributed by atoms with Gasteiger partial charge >= 0.3 is 0 Å². The molecule has 0 saturated carbocycles. The van der Waals surface area contributed by atoms with Crippen molar-refractivity contribution >= 4 is 0 Å². The summed E-state index contributed by atoms with van der Waals surface area (Å²) in [6, 6.07) is 20.9. The van der Waals surface area contributed by atoms with Crippen LogP contribution in [0.1, 0.15) is 49.1 Å². The molecule has 1 nitrogen and oxygen atoms in total. The molecular weight excluding hydrogens is 321 g/mol. The van der Waals surface area contributed by atoms with Crippen molar-refractivity contribution in [1.29, 1.82) is 0 Å². The van der Waals surface area contributed by atoms with E-state index in [9.17, 15) is 0 Å². The number of benzene rings is 2. The number of likely N-dealkylation sites (N-methyl/N-ethyl adjacent to an activating group) is 1. The van der Waals surface area contributed by atoms with Gasteiger partial charge in [-0.25, -0.2) is 4.39 Å². The fraction of sp³-hybridized carbons (Fsp3) is 0.417. The molecule has 26 heavy (non-hydrogen) atoms. The van der Waals surface area contributed by atoms with E-state index >= 15 is 4.39 Å². The summed E-state index contributed by atoms with van der Waals surface area (Å²) in [5.74, 6) is -0.0229. The number of halogens is 1. The smallest absolute Gasteiger partial charge is 0.110 e. The van der Waals surface area contributed by atoms with Crippen molar-refractivity contribution in [3.8, 4) is 0 Å². The van der Waals surface area contributed by atoms with E-state index in [0.29, 0.717) is 0 Å². The average molecular weight is 351 g/mol. The van der Waals surface area contributed by atoms with Crippen molar-refractivity contribution in [3.63, 3.8) is 0 Å². The van der Waals surface area contributed by atoms with Crippen molar-refractivity contribution < 1.29 is 8.87 Å². The Balaban J connectivity index is 1.92. The third kappa shape index (κ3) is 2.72. The predicted octanol–water partition coefficient (Wildman–Crippen LogP) is 5.81. The Morgan fingerprint density at radius 1 is 0.923 bits per heavy atom. The van der Waals surface area contributed by atoms with E-state index in [1.54, 1.807) is 0 Å². The second kappa shape index (κ2) is 6.66. The summed E-state index contributed by atoms with van der Waals surface area (Å²) < 4.78 is 16.6. The quantitative estimate of drug-likeness (QED) is 0.600. The second-order valence-electron chi connectivity index (χ2n) is 8.46. The Hall–Kier alpha value is -1.93. The first kappa shape index (κ1) is 17.5. The van der Waals surface area contributed by atoms with Crippen LogP contribution in [0.15, 0.2) is 72.6 Å². The third-order valence-electron chi connectivity index (χ3n) is 7.16. The Morgan fingerprint density at radius 2 is 1.54 bits per heavy atom. The van der Waals surface area contributed by atoms with Crippen LogP contribution in [0.5, 0.6) is 0 Å². The molecule has 2 heterocycles. The number of nitrogens with zero attached hydrogens (tertiary/aromatic N) is 1. The fourth-order valence-corrected chi connectivity index (χ4v) is 5.25. The molecule has 4 atom stereocenters. The SMILES string of the molecule is CC12CC[N+]1(C)CCC/C=C(\F)C(c1ccccc1)C2c1ccccc1. The van der Waals surface area contributed by atoms with Gasteiger partial charge in [0.15, 0.2) is 0 Å². The van der Waals surface area contributed by atoms with Gasteiger partial charge in [-0.05, 0) is 24.5 Å². The molecule has 2 heteroatoms. The van der Waals surface area contributed by atoms with E-state index in [2.05, 4.69) is 56.4 Å². The van der Waals surface area contributed by atoms with E-state index < -0.39 is 0 Å². The van der Waals surface area contributed by atoms with Crippen molar-refractivity contribution in [2.75, 3.05) is 20.1 Å². The molecule has 4 rings (SSSR count). The summed E-state index contributed by atoms with van der Waals surface area (Å²) in [6.07, 6.45) is 4.90. The molecule has 2 aromatic carbocycles. The molecule has 0 amide bonds. The summed E-state index contributed by atoms with van der Waals surface area (Å²) in [7, 11) is 2.38. The van der Waals surface area contributed by atoms with Gasteiger partial charge in [-0.1, -0.05) is 66.7 Å². The van der Waals surface area contributed by atoms with Gasteiger partial charge in [0.25, 0.3) is 0 Å². The Labute approximate surface area is 156 Å². The largest absolute Gasteiger partial charge is 0.320 e. The predicted molar refractivity (Wildman–Crippen MR) is 106 cm³/mol. The molecule has 0 aliphatic carbocycles. The average Bonchev–Trinajstić information content (AvgIpc) is 2.70. The van der Waals surface area contributed by atoms with Crippen molar-refractivity contribution in [2.45, 2.75) is 43.6 Å². The number of rotatable bonds is 2. The van der Waals surface area contributed by atoms with Gasteiger partial charge in [0.1, 0.15) is 11.4 Å². The lowest BCUT2D eigenvalue weighted by atomic mass is 9.63. The number of hydrogen-bond acceptors (Lipinski definition) is 0. The van der Waals surface area contributed by atoms with E-state index in [-0.39, 0.29) is 23.2 Å². The first-order valence-electron chi connectivity index (χ1n) is 9.85. The van der Waals surface area contributed by atoms with Crippen LogP contribution in [0, 0.1) is 0 Å². The Kier molecular flexibility index (Phi) is 4.48. The van der Waals surface area contributed by atoms with Gasteiger partial charge in [-0.3, -0.25) is 0 Å². The van der Waals surface area contributed by atoms with Crippen LogP contribution in [-0.4, -0.2) is 30.2 Å². The zero-order valence-corrected chi connectivity index (χ0v) is 15.9. The van der Waals surface area contributed by atoms with Crippen LogP contribution in [0.2, 0.25) is 0 Å². The highest BCUT2D eigenvalue weighted by atomic mass is 19.1. The molecule has 2 aromatic rings. The first-order chi connectivity index (χ1) is 12.6. The minimum atomic E-state index is -0.209. The van der Waals surface area contributed by atoms with E-state index in [1.807, 2.05) is 24.3 Å². The standard InChI is InChI=1S/C24H29FN/c1-24-16-18-26(24,2)17-10-9-15-21(25)22(19-11-5-3-6-12-19)23(24)20-13-7-4-8-14-20/h3-8,11-15,22-23H,9-10,16-18H2,1-2H3/q+1/b21-15-. The summed E-state index contributed by atoms with van der Waals surface area (Å²) in [4.78, 5) is 0. The Morgan fingerprint density at radius 3 is 2.12 bits per heavy atom. The maximum Gasteiger partial charge on any atom is 0.110 e. The summed E-state index contributed by atoms with van der Waals surface area (Å²) in [6.45, 7) is 4.72. The van der Waals surface area contributed by atoms with Gasteiger partial charge in [-0.15, -0.1) is 0 Å².